The summed E-state index contributed by atoms with van der Waals surface area (Å²) in [5.41, 5.74) is 1.90. The van der Waals surface area contributed by atoms with Gasteiger partial charge in [0, 0.05) is 12.2 Å². The minimum atomic E-state index is -0.501. The van der Waals surface area contributed by atoms with Crippen LogP contribution in [0, 0.1) is 11.8 Å². The third-order valence-corrected chi connectivity index (χ3v) is 6.21. The topological polar surface area (TPSA) is 84.9 Å². The van der Waals surface area contributed by atoms with Crippen molar-refractivity contribution in [1.29, 1.82) is 0 Å². The first-order valence-corrected chi connectivity index (χ1v) is 10.5. The van der Waals surface area contributed by atoms with E-state index in [0.29, 0.717) is 31.0 Å². The molecule has 0 saturated carbocycles. The number of unbranched alkanes of at least 4 members (excludes halogenated alkanes) is 1. The average Bonchev–Trinajstić information content (AvgIpc) is 3.37. The number of amides is 3. The molecule has 4 unspecified atom stereocenters. The molecule has 3 amide bonds. The van der Waals surface area contributed by atoms with Crippen molar-refractivity contribution in [3.05, 3.63) is 29.8 Å². The van der Waals surface area contributed by atoms with Gasteiger partial charge in [-0.25, -0.2) is 4.79 Å². The number of fused-ring (bicyclic) bond motifs is 5. The number of hydrogen-bond acceptors (Lipinski definition) is 5. The fraction of sp³-hybridized carbons (Fsp3) is 0.591. The molecule has 4 rings (SSSR count). The Morgan fingerprint density at radius 2 is 1.72 bits per heavy atom. The smallest absolute Gasteiger partial charge is 0.411 e. The number of nitrogens with zero attached hydrogens (tertiary/aromatic N) is 1. The Morgan fingerprint density at radius 3 is 2.31 bits per heavy atom. The summed E-state index contributed by atoms with van der Waals surface area (Å²) >= 11 is 0. The summed E-state index contributed by atoms with van der Waals surface area (Å²) in [5.74, 6) is -0.283. The molecule has 3 aliphatic rings. The highest BCUT2D eigenvalue weighted by Crippen LogP contribution is 2.48. The number of benzene rings is 1. The summed E-state index contributed by atoms with van der Waals surface area (Å²) in [6.45, 7) is 4.86. The summed E-state index contributed by atoms with van der Waals surface area (Å²) < 4.78 is 10.9. The van der Waals surface area contributed by atoms with Crippen LogP contribution in [-0.4, -0.2) is 48.2 Å². The lowest BCUT2D eigenvalue weighted by Crippen LogP contribution is -2.35. The Labute approximate surface area is 170 Å². The van der Waals surface area contributed by atoms with Crippen LogP contribution < -0.4 is 5.32 Å². The van der Waals surface area contributed by atoms with Crippen molar-refractivity contribution in [2.75, 3.05) is 18.5 Å². The average molecular weight is 400 g/mol. The molecular weight excluding hydrogens is 372 g/mol. The first kappa shape index (κ1) is 19.9. The van der Waals surface area contributed by atoms with E-state index in [0.717, 1.165) is 12.8 Å². The number of likely N-dealkylation sites (tertiary alicyclic amines) is 1. The first-order chi connectivity index (χ1) is 14.0. The van der Waals surface area contributed by atoms with E-state index in [4.69, 9.17) is 9.47 Å². The Morgan fingerprint density at radius 1 is 1.10 bits per heavy atom. The summed E-state index contributed by atoms with van der Waals surface area (Å²) in [5, 5.41) is 2.70. The molecule has 4 atom stereocenters. The fourth-order valence-corrected chi connectivity index (χ4v) is 4.64. The summed E-state index contributed by atoms with van der Waals surface area (Å²) in [6, 6.07) is 7.68. The maximum absolute atomic E-state index is 12.6. The van der Waals surface area contributed by atoms with Crippen LogP contribution in [-0.2, 0) is 19.1 Å². The minimum Gasteiger partial charge on any atom is -0.449 e. The third kappa shape index (κ3) is 3.88. The van der Waals surface area contributed by atoms with Crippen molar-refractivity contribution in [3.8, 4) is 0 Å². The number of nitrogens with one attached hydrogen (secondary N) is 1. The van der Waals surface area contributed by atoms with Gasteiger partial charge in [0.2, 0.25) is 11.8 Å². The third-order valence-electron chi connectivity index (χ3n) is 6.21. The quantitative estimate of drug-likeness (QED) is 0.561. The van der Waals surface area contributed by atoms with Gasteiger partial charge >= 0.3 is 6.09 Å². The van der Waals surface area contributed by atoms with Crippen LogP contribution >= 0.6 is 0 Å². The molecule has 7 heteroatoms. The largest absolute Gasteiger partial charge is 0.449 e. The van der Waals surface area contributed by atoms with Crippen molar-refractivity contribution in [1.82, 2.24) is 4.90 Å². The molecule has 0 spiro atoms. The second-order valence-corrected chi connectivity index (χ2v) is 8.41. The highest BCUT2D eigenvalue weighted by atomic mass is 16.5. The Hall–Kier alpha value is -2.41. The monoisotopic (exact) mass is 400 g/mol. The van der Waals surface area contributed by atoms with E-state index in [9.17, 15) is 14.4 Å². The second-order valence-electron chi connectivity index (χ2n) is 8.41. The first-order valence-electron chi connectivity index (χ1n) is 10.5. The van der Waals surface area contributed by atoms with Gasteiger partial charge in [0.15, 0.2) is 0 Å². The number of ether oxygens (including phenoxy) is 2. The van der Waals surface area contributed by atoms with Crippen LogP contribution in [0.1, 0.15) is 51.0 Å². The van der Waals surface area contributed by atoms with Crippen molar-refractivity contribution in [2.45, 2.75) is 57.7 Å². The van der Waals surface area contributed by atoms with E-state index in [2.05, 4.69) is 19.2 Å². The van der Waals surface area contributed by atoms with Crippen LogP contribution in [0.4, 0.5) is 10.5 Å². The van der Waals surface area contributed by atoms with Gasteiger partial charge in [-0.3, -0.25) is 19.8 Å². The number of carbonyl (C=O) groups excluding carboxylic acids is 3. The molecule has 1 N–H and O–H groups in total. The van der Waals surface area contributed by atoms with E-state index in [1.165, 1.54) is 10.5 Å². The van der Waals surface area contributed by atoms with Crippen LogP contribution in [0.25, 0.3) is 0 Å². The summed E-state index contributed by atoms with van der Waals surface area (Å²) in [6.07, 6.45) is 2.31. The number of anilines is 1. The lowest BCUT2D eigenvalue weighted by Gasteiger charge is -2.17. The molecule has 2 bridgehead atoms. The van der Waals surface area contributed by atoms with Gasteiger partial charge in [0.1, 0.15) is 0 Å². The predicted molar refractivity (Wildman–Crippen MR) is 106 cm³/mol. The molecule has 1 aromatic rings. The van der Waals surface area contributed by atoms with E-state index in [1.54, 1.807) is 0 Å². The maximum atomic E-state index is 12.6. The van der Waals surface area contributed by atoms with E-state index in [-0.39, 0.29) is 42.5 Å². The molecule has 3 fully saturated rings. The lowest BCUT2D eigenvalue weighted by molar-refractivity contribution is -0.142. The van der Waals surface area contributed by atoms with Crippen molar-refractivity contribution in [3.63, 3.8) is 0 Å². The van der Waals surface area contributed by atoms with Crippen molar-refractivity contribution < 1.29 is 23.9 Å². The van der Waals surface area contributed by atoms with Gasteiger partial charge in [-0.1, -0.05) is 26.0 Å². The molecule has 1 aromatic carbocycles. The van der Waals surface area contributed by atoms with Crippen molar-refractivity contribution >= 4 is 23.6 Å². The van der Waals surface area contributed by atoms with Gasteiger partial charge in [0.25, 0.3) is 0 Å². The lowest BCUT2D eigenvalue weighted by atomic mass is 9.81. The van der Waals surface area contributed by atoms with Gasteiger partial charge < -0.3 is 9.47 Å². The summed E-state index contributed by atoms with van der Waals surface area (Å²) in [7, 11) is 0. The molecule has 0 aromatic heterocycles. The number of rotatable bonds is 7. The van der Waals surface area contributed by atoms with Crippen LogP contribution in [0.15, 0.2) is 24.3 Å². The fourth-order valence-electron chi connectivity index (χ4n) is 4.64. The standard InChI is InChI=1S/C22H28N2O5/c1-13(2)14-5-7-15(8-6-14)23-22(27)28-12-4-3-11-24-20(25)18-16-9-10-17(29-16)19(18)21(24)26/h5-8,13,16-19H,3-4,9-12H2,1-2H3,(H,23,27). The maximum Gasteiger partial charge on any atom is 0.411 e. The molecule has 3 aliphatic heterocycles. The van der Waals surface area contributed by atoms with Gasteiger partial charge in [-0.05, 0) is 49.3 Å². The molecule has 156 valence electrons. The molecule has 7 nitrogen and oxygen atoms in total. The molecule has 29 heavy (non-hydrogen) atoms. The molecular formula is C22H28N2O5. The Balaban J connectivity index is 1.16. The molecule has 3 saturated heterocycles. The second kappa shape index (κ2) is 8.14. The molecule has 3 heterocycles. The zero-order chi connectivity index (χ0) is 20.5. The minimum absolute atomic E-state index is 0.0758. The number of hydrogen-bond donors (Lipinski definition) is 1. The Bertz CT molecular complexity index is 763. The van der Waals surface area contributed by atoms with Gasteiger partial charge in [0.05, 0.1) is 30.7 Å². The zero-order valence-corrected chi connectivity index (χ0v) is 16.9. The van der Waals surface area contributed by atoms with Crippen LogP contribution in [0.5, 0.6) is 0 Å². The van der Waals surface area contributed by atoms with Crippen molar-refractivity contribution in [2.24, 2.45) is 11.8 Å². The highest BCUT2D eigenvalue weighted by Gasteiger charge is 2.62. The SMILES string of the molecule is CC(C)c1ccc(NC(=O)OCCCCN2C(=O)C3C4CCC(O4)C3C2=O)cc1. The number of imide groups is 1. The van der Waals surface area contributed by atoms with E-state index >= 15 is 0 Å². The number of carbonyl (C=O) groups is 3. The molecule has 0 radical (unpaired) electrons. The van der Waals surface area contributed by atoms with Gasteiger partial charge in [-0.2, -0.15) is 0 Å². The normalized spacial score (nSPS) is 27.6. The van der Waals surface area contributed by atoms with Crippen LogP contribution in [0.3, 0.4) is 0 Å². The van der Waals surface area contributed by atoms with Crippen LogP contribution in [0.2, 0.25) is 0 Å². The highest BCUT2D eigenvalue weighted by molar-refractivity contribution is 6.06. The Kier molecular flexibility index (Phi) is 5.58. The predicted octanol–water partition coefficient (Wildman–Crippen LogP) is 3.30. The zero-order valence-electron chi connectivity index (χ0n) is 16.9. The molecule has 0 aliphatic carbocycles. The van der Waals surface area contributed by atoms with Gasteiger partial charge in [-0.15, -0.1) is 0 Å². The van der Waals surface area contributed by atoms with E-state index < -0.39 is 6.09 Å². The van der Waals surface area contributed by atoms with E-state index in [1.807, 2.05) is 24.3 Å². The summed E-state index contributed by atoms with van der Waals surface area (Å²) in [4.78, 5) is 38.4.